The second-order valence-electron chi connectivity index (χ2n) is 3.40. The standard InChI is InChI=1S/C10H14ClN3O4/c1-2-3-4-17-5-6-18-9-8(14(15)16)7-12-10(11)13-9/h7H,2-6H2,1H3. The number of ether oxygens (including phenoxy) is 2. The Morgan fingerprint density at radius 2 is 2.22 bits per heavy atom. The third kappa shape index (κ3) is 4.80. The van der Waals surface area contributed by atoms with Gasteiger partial charge in [0.05, 0.1) is 11.5 Å². The van der Waals surface area contributed by atoms with Crippen LogP contribution in [0.5, 0.6) is 5.88 Å². The fourth-order valence-corrected chi connectivity index (χ4v) is 1.24. The van der Waals surface area contributed by atoms with E-state index in [2.05, 4.69) is 16.9 Å². The molecule has 0 aliphatic rings. The first-order valence-corrected chi connectivity index (χ1v) is 5.90. The first kappa shape index (κ1) is 14.6. The Hall–Kier alpha value is -1.47. The normalized spacial score (nSPS) is 10.3. The van der Waals surface area contributed by atoms with Gasteiger partial charge in [-0.25, -0.2) is 4.98 Å². The van der Waals surface area contributed by atoms with Gasteiger partial charge in [-0.3, -0.25) is 10.1 Å². The Morgan fingerprint density at radius 3 is 2.89 bits per heavy atom. The smallest absolute Gasteiger partial charge is 0.349 e. The molecule has 0 saturated carbocycles. The van der Waals surface area contributed by atoms with E-state index in [1.807, 2.05) is 0 Å². The number of rotatable bonds is 8. The Labute approximate surface area is 109 Å². The zero-order valence-electron chi connectivity index (χ0n) is 9.97. The lowest BCUT2D eigenvalue weighted by atomic mass is 10.4. The quantitative estimate of drug-likeness (QED) is 0.313. The molecule has 0 N–H and O–H groups in total. The molecule has 1 aromatic heterocycles. The summed E-state index contributed by atoms with van der Waals surface area (Å²) in [5, 5.41) is 10.6. The Bertz CT molecular complexity index is 403. The molecule has 0 fully saturated rings. The van der Waals surface area contributed by atoms with Crippen LogP contribution in [0.25, 0.3) is 0 Å². The number of aromatic nitrogens is 2. The van der Waals surface area contributed by atoms with Crippen LogP contribution in [0.1, 0.15) is 19.8 Å². The molecule has 1 rings (SSSR count). The van der Waals surface area contributed by atoms with E-state index in [-0.39, 0.29) is 23.5 Å². The van der Waals surface area contributed by atoms with E-state index >= 15 is 0 Å². The molecule has 1 heterocycles. The van der Waals surface area contributed by atoms with Crippen molar-refractivity contribution in [3.05, 3.63) is 21.6 Å². The first-order valence-electron chi connectivity index (χ1n) is 5.52. The number of nitrogens with zero attached hydrogens (tertiary/aromatic N) is 3. The Kier molecular flexibility index (Phi) is 6.31. The maximum Gasteiger partial charge on any atom is 0.349 e. The summed E-state index contributed by atoms with van der Waals surface area (Å²) in [4.78, 5) is 17.3. The van der Waals surface area contributed by atoms with Gasteiger partial charge in [0.2, 0.25) is 5.28 Å². The van der Waals surface area contributed by atoms with Crippen molar-refractivity contribution in [3.63, 3.8) is 0 Å². The minimum Gasteiger partial charge on any atom is -0.470 e. The lowest BCUT2D eigenvalue weighted by Gasteiger charge is -2.06. The number of hydrogen-bond donors (Lipinski definition) is 0. The molecule has 0 aromatic carbocycles. The summed E-state index contributed by atoms with van der Waals surface area (Å²) in [6, 6.07) is 0. The number of nitro groups is 1. The summed E-state index contributed by atoms with van der Waals surface area (Å²) in [7, 11) is 0. The molecule has 0 amide bonds. The van der Waals surface area contributed by atoms with Crippen LogP contribution in [-0.4, -0.2) is 34.7 Å². The van der Waals surface area contributed by atoms with Crippen molar-refractivity contribution in [2.24, 2.45) is 0 Å². The Balaban J connectivity index is 2.45. The lowest BCUT2D eigenvalue weighted by molar-refractivity contribution is -0.386. The predicted octanol–water partition coefficient (Wildman–Crippen LogP) is 2.23. The van der Waals surface area contributed by atoms with E-state index in [9.17, 15) is 10.1 Å². The fraction of sp³-hybridized carbons (Fsp3) is 0.600. The predicted molar refractivity (Wildman–Crippen MR) is 64.9 cm³/mol. The molecule has 0 unspecified atom stereocenters. The van der Waals surface area contributed by atoms with Crippen molar-refractivity contribution >= 4 is 17.3 Å². The lowest BCUT2D eigenvalue weighted by Crippen LogP contribution is -2.09. The van der Waals surface area contributed by atoms with Crippen molar-refractivity contribution in [1.29, 1.82) is 0 Å². The molecule has 0 radical (unpaired) electrons. The molecular weight excluding hydrogens is 262 g/mol. The van der Waals surface area contributed by atoms with Gasteiger partial charge in [0.15, 0.2) is 0 Å². The molecule has 0 aliphatic carbocycles. The van der Waals surface area contributed by atoms with Crippen molar-refractivity contribution in [1.82, 2.24) is 9.97 Å². The van der Waals surface area contributed by atoms with Crippen molar-refractivity contribution < 1.29 is 14.4 Å². The van der Waals surface area contributed by atoms with Gasteiger partial charge in [0.25, 0.3) is 5.88 Å². The molecule has 8 heteroatoms. The number of unbranched alkanes of at least 4 members (excludes halogenated alkanes) is 1. The molecule has 7 nitrogen and oxygen atoms in total. The summed E-state index contributed by atoms with van der Waals surface area (Å²) in [5.41, 5.74) is -0.312. The van der Waals surface area contributed by atoms with Crippen molar-refractivity contribution in [2.45, 2.75) is 19.8 Å². The zero-order valence-corrected chi connectivity index (χ0v) is 10.7. The molecular formula is C10H14ClN3O4. The highest BCUT2D eigenvalue weighted by Gasteiger charge is 2.18. The number of hydrogen-bond acceptors (Lipinski definition) is 6. The summed E-state index contributed by atoms with van der Waals surface area (Å²) < 4.78 is 10.4. The van der Waals surface area contributed by atoms with Gasteiger partial charge in [-0.15, -0.1) is 0 Å². The van der Waals surface area contributed by atoms with Crippen LogP contribution < -0.4 is 4.74 Å². The second-order valence-corrected chi connectivity index (χ2v) is 3.74. The van der Waals surface area contributed by atoms with E-state index in [1.54, 1.807) is 0 Å². The maximum atomic E-state index is 10.7. The number of halogens is 1. The average molecular weight is 276 g/mol. The van der Waals surface area contributed by atoms with Gasteiger partial charge in [0.1, 0.15) is 12.8 Å². The summed E-state index contributed by atoms with van der Waals surface area (Å²) in [5.74, 6) is -0.140. The average Bonchev–Trinajstić information content (AvgIpc) is 2.33. The van der Waals surface area contributed by atoms with Gasteiger partial charge < -0.3 is 9.47 Å². The maximum absolute atomic E-state index is 10.7. The van der Waals surface area contributed by atoms with Gasteiger partial charge in [-0.2, -0.15) is 4.98 Å². The van der Waals surface area contributed by atoms with Gasteiger partial charge in [-0.1, -0.05) is 13.3 Å². The minimum absolute atomic E-state index is 0.0949. The highest BCUT2D eigenvalue weighted by molar-refractivity contribution is 6.28. The van der Waals surface area contributed by atoms with Crippen LogP contribution in [0.2, 0.25) is 5.28 Å². The van der Waals surface area contributed by atoms with E-state index in [0.717, 1.165) is 19.0 Å². The summed E-state index contributed by atoms with van der Waals surface area (Å²) in [6.07, 6.45) is 3.04. The zero-order chi connectivity index (χ0) is 13.4. The van der Waals surface area contributed by atoms with Crippen LogP contribution in [0.4, 0.5) is 5.69 Å². The van der Waals surface area contributed by atoms with E-state index in [1.165, 1.54) is 0 Å². The topological polar surface area (TPSA) is 87.4 Å². The van der Waals surface area contributed by atoms with Crippen LogP contribution in [0.3, 0.4) is 0 Å². The molecule has 100 valence electrons. The van der Waals surface area contributed by atoms with Crippen LogP contribution in [0, 0.1) is 10.1 Å². The third-order valence-electron chi connectivity index (χ3n) is 2.01. The van der Waals surface area contributed by atoms with Crippen molar-refractivity contribution in [2.75, 3.05) is 19.8 Å². The molecule has 0 saturated heterocycles. The second kappa shape index (κ2) is 7.78. The largest absolute Gasteiger partial charge is 0.470 e. The molecule has 0 bridgehead atoms. The van der Waals surface area contributed by atoms with Gasteiger partial charge in [-0.05, 0) is 18.0 Å². The first-order chi connectivity index (χ1) is 8.65. The monoisotopic (exact) mass is 275 g/mol. The van der Waals surface area contributed by atoms with Crippen molar-refractivity contribution in [3.8, 4) is 5.88 Å². The van der Waals surface area contributed by atoms with Crippen LogP contribution >= 0.6 is 11.6 Å². The third-order valence-corrected chi connectivity index (χ3v) is 2.19. The SMILES string of the molecule is CCCCOCCOc1nc(Cl)ncc1[N+](=O)[O-]. The Morgan fingerprint density at radius 1 is 1.44 bits per heavy atom. The van der Waals surface area contributed by atoms with E-state index in [0.29, 0.717) is 13.2 Å². The molecule has 1 aromatic rings. The highest BCUT2D eigenvalue weighted by atomic mass is 35.5. The molecule has 0 aliphatic heterocycles. The highest BCUT2D eigenvalue weighted by Crippen LogP contribution is 2.24. The van der Waals surface area contributed by atoms with E-state index < -0.39 is 4.92 Å². The van der Waals surface area contributed by atoms with E-state index in [4.69, 9.17) is 21.1 Å². The molecule has 0 atom stereocenters. The fourth-order valence-electron chi connectivity index (χ4n) is 1.12. The molecule has 0 spiro atoms. The molecule has 18 heavy (non-hydrogen) atoms. The van der Waals surface area contributed by atoms with Crippen LogP contribution in [-0.2, 0) is 4.74 Å². The summed E-state index contributed by atoms with van der Waals surface area (Å²) in [6.45, 7) is 3.23. The van der Waals surface area contributed by atoms with Gasteiger partial charge in [0, 0.05) is 6.61 Å². The van der Waals surface area contributed by atoms with Crippen LogP contribution in [0.15, 0.2) is 6.20 Å². The summed E-state index contributed by atoms with van der Waals surface area (Å²) >= 11 is 5.55. The minimum atomic E-state index is -0.621. The van der Waals surface area contributed by atoms with Gasteiger partial charge >= 0.3 is 5.69 Å².